The molecular weight excluding hydrogens is 428 g/mol. The van der Waals surface area contributed by atoms with Gasteiger partial charge in [0.05, 0.1) is 15.6 Å². The summed E-state index contributed by atoms with van der Waals surface area (Å²) in [6.45, 7) is 0. The third-order valence-corrected chi connectivity index (χ3v) is 6.59. The van der Waals surface area contributed by atoms with Crippen molar-refractivity contribution < 1.29 is 13.2 Å². The van der Waals surface area contributed by atoms with Crippen LogP contribution >= 0.6 is 23.4 Å². The Hall–Kier alpha value is -2.48. The molecule has 0 saturated heterocycles. The van der Waals surface area contributed by atoms with Gasteiger partial charge in [0.2, 0.25) is 5.91 Å². The smallest absolute Gasteiger partial charge is 0.262 e. The van der Waals surface area contributed by atoms with E-state index in [9.17, 15) is 13.2 Å². The maximum atomic E-state index is 12.6. The predicted molar refractivity (Wildman–Crippen MR) is 119 cm³/mol. The van der Waals surface area contributed by atoms with Gasteiger partial charge >= 0.3 is 0 Å². The molecule has 0 unspecified atom stereocenters. The quantitative estimate of drug-likeness (QED) is 0.462. The summed E-state index contributed by atoms with van der Waals surface area (Å²) in [5.74, 6) is 0.448. The molecule has 0 aliphatic heterocycles. The van der Waals surface area contributed by atoms with Crippen LogP contribution in [0.5, 0.6) is 0 Å². The molecule has 3 rings (SSSR count). The molecule has 0 aliphatic rings. The van der Waals surface area contributed by atoms with Gasteiger partial charge in [-0.15, -0.1) is 11.8 Å². The Kier molecular flexibility index (Phi) is 7.19. The highest BCUT2D eigenvalue weighted by Gasteiger charge is 2.16. The first-order valence-corrected chi connectivity index (χ1v) is 11.6. The van der Waals surface area contributed by atoms with Gasteiger partial charge in [-0.3, -0.25) is 9.52 Å². The molecule has 0 spiro atoms. The number of hydrogen-bond acceptors (Lipinski definition) is 4. The Bertz CT molecular complexity index is 1090. The maximum absolute atomic E-state index is 12.6. The largest absolute Gasteiger partial charge is 0.326 e. The van der Waals surface area contributed by atoms with E-state index < -0.39 is 10.0 Å². The van der Waals surface area contributed by atoms with Crippen molar-refractivity contribution in [2.24, 2.45) is 0 Å². The van der Waals surface area contributed by atoms with Crippen LogP contribution in [-0.4, -0.2) is 20.1 Å². The van der Waals surface area contributed by atoms with E-state index in [4.69, 9.17) is 11.6 Å². The van der Waals surface area contributed by atoms with E-state index in [1.54, 1.807) is 48.2 Å². The van der Waals surface area contributed by atoms with Gasteiger partial charge in [-0.25, -0.2) is 8.42 Å². The third-order valence-electron chi connectivity index (χ3n) is 3.89. The number of anilines is 2. The zero-order valence-electron chi connectivity index (χ0n) is 15.3. The number of benzene rings is 3. The summed E-state index contributed by atoms with van der Waals surface area (Å²) >= 11 is 7.61. The lowest BCUT2D eigenvalue weighted by Gasteiger charge is -2.11. The fraction of sp³-hybridized carbons (Fsp3) is 0.0952. The van der Waals surface area contributed by atoms with Crippen molar-refractivity contribution in [2.75, 3.05) is 15.8 Å². The van der Waals surface area contributed by atoms with Crippen LogP contribution in [0.3, 0.4) is 0 Å². The molecule has 2 N–H and O–H groups in total. The lowest BCUT2D eigenvalue weighted by Crippen LogP contribution is -2.15. The molecule has 8 heteroatoms. The fourth-order valence-electron chi connectivity index (χ4n) is 2.49. The summed E-state index contributed by atoms with van der Waals surface area (Å²) in [4.78, 5) is 13.3. The molecule has 0 atom stereocenters. The molecule has 0 bridgehead atoms. The summed E-state index contributed by atoms with van der Waals surface area (Å²) in [5.41, 5.74) is 0.711. The van der Waals surface area contributed by atoms with Gasteiger partial charge in [-0.1, -0.05) is 48.0 Å². The Morgan fingerprint density at radius 1 is 0.931 bits per heavy atom. The fourth-order valence-corrected chi connectivity index (χ4v) is 4.73. The molecule has 3 aromatic carbocycles. The zero-order chi connectivity index (χ0) is 20.7. The van der Waals surface area contributed by atoms with Crippen LogP contribution in [-0.2, 0) is 14.8 Å². The van der Waals surface area contributed by atoms with Crippen LogP contribution < -0.4 is 10.0 Å². The summed E-state index contributed by atoms with van der Waals surface area (Å²) in [6.07, 6.45) is 0.314. The lowest BCUT2D eigenvalue weighted by molar-refractivity contribution is -0.115. The van der Waals surface area contributed by atoms with Crippen LogP contribution in [0, 0.1) is 0 Å². The number of sulfonamides is 1. The Balaban J connectivity index is 1.61. The van der Waals surface area contributed by atoms with E-state index >= 15 is 0 Å². The monoisotopic (exact) mass is 446 g/mol. The molecule has 0 aliphatic carbocycles. The van der Waals surface area contributed by atoms with Crippen LogP contribution in [0.1, 0.15) is 6.42 Å². The predicted octanol–water partition coefficient (Wildman–Crippen LogP) is 5.26. The molecule has 0 heterocycles. The van der Waals surface area contributed by atoms with Gasteiger partial charge in [0, 0.05) is 22.8 Å². The molecule has 29 heavy (non-hydrogen) atoms. The normalized spacial score (nSPS) is 11.1. The zero-order valence-corrected chi connectivity index (χ0v) is 17.7. The van der Waals surface area contributed by atoms with Crippen molar-refractivity contribution in [3.8, 4) is 0 Å². The van der Waals surface area contributed by atoms with Crippen molar-refractivity contribution in [2.45, 2.75) is 16.2 Å². The van der Waals surface area contributed by atoms with Crippen molar-refractivity contribution in [1.29, 1.82) is 0 Å². The molecule has 1 amide bonds. The molecule has 0 radical (unpaired) electrons. The van der Waals surface area contributed by atoms with Gasteiger partial charge in [0.25, 0.3) is 10.0 Å². The maximum Gasteiger partial charge on any atom is 0.262 e. The minimum atomic E-state index is -3.84. The average Bonchev–Trinajstić information content (AvgIpc) is 2.71. The van der Waals surface area contributed by atoms with Gasteiger partial charge in [-0.2, -0.15) is 0 Å². The Morgan fingerprint density at radius 2 is 1.66 bits per heavy atom. The minimum Gasteiger partial charge on any atom is -0.326 e. The molecule has 3 aromatic rings. The number of thioether (sulfide) groups is 1. The molecule has 150 valence electrons. The second kappa shape index (κ2) is 9.82. The molecular formula is C21H19ClN2O3S2. The minimum absolute atomic E-state index is 0.0360. The average molecular weight is 447 g/mol. The van der Waals surface area contributed by atoms with Crippen LogP contribution in [0.2, 0.25) is 5.02 Å². The van der Waals surface area contributed by atoms with E-state index in [2.05, 4.69) is 10.0 Å². The number of carbonyl (C=O) groups excluding carboxylic acids is 1. The van der Waals surface area contributed by atoms with E-state index in [1.807, 2.05) is 30.3 Å². The number of para-hydroxylation sites is 1. The van der Waals surface area contributed by atoms with E-state index in [1.165, 1.54) is 12.1 Å². The van der Waals surface area contributed by atoms with Gasteiger partial charge in [-0.05, 0) is 42.5 Å². The van der Waals surface area contributed by atoms with Crippen molar-refractivity contribution in [3.05, 3.63) is 83.9 Å². The van der Waals surface area contributed by atoms with Crippen LogP contribution in [0.25, 0.3) is 0 Å². The van der Waals surface area contributed by atoms with E-state index in [-0.39, 0.29) is 10.8 Å². The molecule has 0 fully saturated rings. The molecule has 0 saturated carbocycles. The van der Waals surface area contributed by atoms with E-state index in [0.29, 0.717) is 28.6 Å². The van der Waals surface area contributed by atoms with E-state index in [0.717, 1.165) is 4.90 Å². The van der Waals surface area contributed by atoms with Crippen LogP contribution in [0.4, 0.5) is 11.4 Å². The first-order chi connectivity index (χ1) is 13.9. The molecule has 0 aromatic heterocycles. The van der Waals surface area contributed by atoms with Gasteiger partial charge in [0.1, 0.15) is 0 Å². The highest BCUT2D eigenvalue weighted by atomic mass is 35.5. The topological polar surface area (TPSA) is 75.3 Å². The van der Waals surface area contributed by atoms with Crippen molar-refractivity contribution in [3.63, 3.8) is 0 Å². The number of nitrogens with one attached hydrogen (secondary N) is 2. The SMILES string of the molecule is O=C(CCSc1ccccc1)Nc1cccc(S(=O)(=O)Nc2ccccc2Cl)c1. The number of hydrogen-bond donors (Lipinski definition) is 2. The summed E-state index contributed by atoms with van der Waals surface area (Å²) in [6, 6.07) is 22.5. The van der Waals surface area contributed by atoms with Crippen molar-refractivity contribution >= 4 is 50.7 Å². The standard InChI is InChI=1S/C21H19ClN2O3S2/c22-19-11-4-5-12-20(19)24-29(26,27)18-10-6-7-16(15-18)23-21(25)13-14-28-17-8-2-1-3-9-17/h1-12,15,24H,13-14H2,(H,23,25). The highest BCUT2D eigenvalue weighted by Crippen LogP contribution is 2.25. The summed E-state index contributed by atoms with van der Waals surface area (Å²) in [7, 11) is -3.84. The van der Waals surface area contributed by atoms with Crippen molar-refractivity contribution in [1.82, 2.24) is 0 Å². The number of halogens is 1. The second-order valence-corrected chi connectivity index (χ2v) is 9.33. The highest BCUT2D eigenvalue weighted by molar-refractivity contribution is 7.99. The summed E-state index contributed by atoms with van der Waals surface area (Å²) in [5, 5.41) is 3.05. The number of amides is 1. The van der Waals surface area contributed by atoms with Gasteiger partial charge < -0.3 is 5.32 Å². The molecule has 5 nitrogen and oxygen atoms in total. The second-order valence-electron chi connectivity index (χ2n) is 6.07. The van der Waals surface area contributed by atoms with Gasteiger partial charge in [0.15, 0.2) is 0 Å². The third kappa shape index (κ3) is 6.25. The summed E-state index contributed by atoms with van der Waals surface area (Å²) < 4.78 is 27.7. The first-order valence-electron chi connectivity index (χ1n) is 8.79. The Labute approximate surface area is 179 Å². The first kappa shape index (κ1) is 21.2. The lowest BCUT2D eigenvalue weighted by atomic mass is 10.3. The Morgan fingerprint density at radius 3 is 2.41 bits per heavy atom. The number of rotatable bonds is 8. The van der Waals surface area contributed by atoms with Crippen LogP contribution in [0.15, 0.2) is 88.7 Å². The number of carbonyl (C=O) groups is 1.